The van der Waals surface area contributed by atoms with Crippen LogP contribution in [0.4, 0.5) is 0 Å². The van der Waals surface area contributed by atoms with E-state index in [0.29, 0.717) is 0 Å². The molecule has 0 atom stereocenters. The van der Waals surface area contributed by atoms with E-state index in [4.69, 9.17) is 0 Å². The smallest absolute Gasteiger partial charge is 0.0818 e. The third-order valence-corrected chi connectivity index (χ3v) is 1.56. The summed E-state index contributed by atoms with van der Waals surface area (Å²) in [5, 5.41) is 0. The Labute approximate surface area is 45.5 Å². The third-order valence-electron chi connectivity index (χ3n) is 1.56. The second-order valence-corrected chi connectivity index (χ2v) is 2.92. The van der Waals surface area contributed by atoms with E-state index in [1.165, 1.54) is 24.0 Å². The van der Waals surface area contributed by atoms with Crippen molar-refractivity contribution in [2.75, 3.05) is 27.2 Å². The van der Waals surface area contributed by atoms with E-state index in [-0.39, 0.29) is 0 Å². The largest absolute Gasteiger partial charge is 0.328 e. The molecule has 1 aliphatic heterocycles. The van der Waals surface area contributed by atoms with Crippen molar-refractivity contribution in [3.63, 3.8) is 0 Å². The zero-order chi connectivity index (χ0) is 5.33. The van der Waals surface area contributed by atoms with E-state index in [2.05, 4.69) is 20.5 Å². The van der Waals surface area contributed by atoms with Gasteiger partial charge in [0.15, 0.2) is 0 Å². The summed E-state index contributed by atoms with van der Waals surface area (Å²) in [7, 11) is 4.53. The van der Waals surface area contributed by atoms with E-state index in [1.54, 1.807) is 0 Å². The van der Waals surface area contributed by atoms with Gasteiger partial charge in [-0.15, -0.1) is 0 Å². The molecule has 0 unspecified atom stereocenters. The number of quaternary nitrogens is 1. The van der Waals surface area contributed by atoms with Gasteiger partial charge in [-0.2, -0.15) is 0 Å². The van der Waals surface area contributed by atoms with E-state index >= 15 is 0 Å². The minimum atomic E-state index is 1.19. The number of hydrogen-bond donors (Lipinski definition) is 0. The highest BCUT2D eigenvalue weighted by Gasteiger charge is 2.20. The molecule has 1 radical (unpaired) electrons. The summed E-state index contributed by atoms with van der Waals surface area (Å²) in [6.45, 7) is 2.60. The van der Waals surface area contributed by atoms with Gasteiger partial charge in [0, 0.05) is 12.8 Å². The lowest BCUT2D eigenvalue weighted by molar-refractivity contribution is -0.875. The molecule has 0 bridgehead atoms. The Balaban J connectivity index is 2.40. The van der Waals surface area contributed by atoms with Crippen molar-refractivity contribution in [1.82, 2.24) is 0 Å². The Hall–Kier alpha value is -0.0400. The van der Waals surface area contributed by atoms with Gasteiger partial charge >= 0.3 is 0 Å². The monoisotopic (exact) mass is 99.1 g/mol. The van der Waals surface area contributed by atoms with Crippen LogP contribution in [0.2, 0.25) is 0 Å². The lowest BCUT2D eigenvalue weighted by Gasteiger charge is -2.21. The highest BCUT2D eigenvalue weighted by Crippen LogP contribution is 2.10. The fourth-order valence-electron chi connectivity index (χ4n) is 0.973. The molecule has 0 saturated carbocycles. The lowest BCUT2D eigenvalue weighted by Crippen LogP contribution is -2.35. The quantitative estimate of drug-likeness (QED) is 0.392. The number of rotatable bonds is 0. The summed E-state index contributed by atoms with van der Waals surface area (Å²) >= 11 is 0. The summed E-state index contributed by atoms with van der Waals surface area (Å²) in [6.07, 6.45) is 3.67. The third kappa shape index (κ3) is 1.16. The van der Waals surface area contributed by atoms with Gasteiger partial charge in [0.2, 0.25) is 0 Å². The predicted octanol–water partition coefficient (Wildman–Crippen LogP) is 0.671. The molecule has 1 heteroatoms. The molecule has 1 nitrogen and oxygen atoms in total. The molecule has 1 aliphatic rings. The van der Waals surface area contributed by atoms with Crippen molar-refractivity contribution in [2.24, 2.45) is 0 Å². The average molecular weight is 99.2 g/mol. The van der Waals surface area contributed by atoms with Crippen LogP contribution in [0, 0.1) is 6.42 Å². The first kappa shape index (κ1) is 5.10. The highest BCUT2D eigenvalue weighted by molar-refractivity contribution is 4.68. The predicted molar refractivity (Wildman–Crippen MR) is 30.8 cm³/mol. The molecule has 0 aromatic heterocycles. The fraction of sp³-hybridized carbons (Fsp3) is 0.833. The molecule has 41 valence electrons. The maximum atomic E-state index is 2.36. The Kier molecular flexibility index (Phi) is 1.08. The molecule has 1 rings (SSSR count). The van der Waals surface area contributed by atoms with Gasteiger partial charge in [-0.1, -0.05) is 0 Å². The Bertz CT molecular complexity index is 58.6. The van der Waals surface area contributed by atoms with Crippen molar-refractivity contribution < 1.29 is 4.48 Å². The number of nitrogens with zero attached hydrogens (tertiary/aromatic N) is 1. The van der Waals surface area contributed by atoms with Crippen LogP contribution in [-0.4, -0.2) is 31.7 Å². The molecular formula is C6H13N+. The van der Waals surface area contributed by atoms with Crippen LogP contribution in [0.3, 0.4) is 0 Å². The zero-order valence-corrected chi connectivity index (χ0v) is 5.15. The summed E-state index contributed by atoms with van der Waals surface area (Å²) < 4.78 is 1.19. The Morgan fingerprint density at radius 1 is 1.43 bits per heavy atom. The van der Waals surface area contributed by atoms with E-state index in [9.17, 15) is 0 Å². The average Bonchev–Trinajstić information content (AvgIpc) is 1.84. The SMILES string of the molecule is C[N+]1(C)C[CH]CC1. The highest BCUT2D eigenvalue weighted by atomic mass is 15.3. The number of likely N-dealkylation sites (tertiary alicyclic amines) is 1. The van der Waals surface area contributed by atoms with Gasteiger partial charge in [0.05, 0.1) is 27.2 Å². The first-order valence-corrected chi connectivity index (χ1v) is 2.84. The first-order valence-electron chi connectivity index (χ1n) is 2.84. The van der Waals surface area contributed by atoms with Gasteiger partial charge in [0.25, 0.3) is 0 Å². The van der Waals surface area contributed by atoms with Crippen LogP contribution in [0.1, 0.15) is 6.42 Å². The molecule has 1 fully saturated rings. The minimum Gasteiger partial charge on any atom is -0.328 e. The van der Waals surface area contributed by atoms with Crippen LogP contribution in [0.25, 0.3) is 0 Å². The van der Waals surface area contributed by atoms with Gasteiger partial charge in [-0.05, 0) is 0 Å². The molecule has 0 aliphatic carbocycles. The van der Waals surface area contributed by atoms with Gasteiger partial charge in [0.1, 0.15) is 0 Å². The van der Waals surface area contributed by atoms with Crippen molar-refractivity contribution >= 4 is 0 Å². The van der Waals surface area contributed by atoms with Crippen molar-refractivity contribution in [3.05, 3.63) is 6.42 Å². The molecule has 0 aromatic rings. The molecule has 7 heavy (non-hydrogen) atoms. The van der Waals surface area contributed by atoms with E-state index in [0.717, 1.165) is 0 Å². The summed E-state index contributed by atoms with van der Waals surface area (Å²) in [5.41, 5.74) is 0. The molecule has 1 heterocycles. The van der Waals surface area contributed by atoms with Gasteiger partial charge < -0.3 is 4.48 Å². The van der Waals surface area contributed by atoms with Crippen LogP contribution in [-0.2, 0) is 0 Å². The standard InChI is InChI=1S/C6H13N/c1-7(2)5-3-4-6-7/h3H,4-6H2,1-2H3/q+1. The van der Waals surface area contributed by atoms with Crippen LogP contribution < -0.4 is 0 Å². The van der Waals surface area contributed by atoms with Crippen LogP contribution in [0.5, 0.6) is 0 Å². The summed E-state index contributed by atoms with van der Waals surface area (Å²) in [4.78, 5) is 0. The van der Waals surface area contributed by atoms with Gasteiger partial charge in [-0.3, -0.25) is 0 Å². The first-order chi connectivity index (χ1) is 3.21. The fourth-order valence-corrected chi connectivity index (χ4v) is 0.973. The van der Waals surface area contributed by atoms with E-state index < -0.39 is 0 Å². The van der Waals surface area contributed by atoms with E-state index in [1.807, 2.05) is 0 Å². The normalized spacial score (nSPS) is 28.3. The topological polar surface area (TPSA) is 0 Å². The Morgan fingerprint density at radius 3 is 2.29 bits per heavy atom. The molecule has 0 amide bonds. The molecule has 0 N–H and O–H groups in total. The molecular weight excluding hydrogens is 86.1 g/mol. The molecule has 0 spiro atoms. The summed E-state index contributed by atoms with van der Waals surface area (Å²) in [6, 6.07) is 0. The maximum Gasteiger partial charge on any atom is 0.0818 e. The second-order valence-electron chi connectivity index (χ2n) is 2.92. The van der Waals surface area contributed by atoms with Crippen molar-refractivity contribution in [2.45, 2.75) is 6.42 Å². The maximum absolute atomic E-state index is 2.36. The second kappa shape index (κ2) is 1.48. The molecule has 1 saturated heterocycles. The van der Waals surface area contributed by atoms with Gasteiger partial charge in [-0.25, -0.2) is 0 Å². The van der Waals surface area contributed by atoms with Crippen LogP contribution in [0.15, 0.2) is 0 Å². The zero-order valence-electron chi connectivity index (χ0n) is 5.15. The summed E-state index contributed by atoms with van der Waals surface area (Å²) in [5.74, 6) is 0. The van der Waals surface area contributed by atoms with Crippen LogP contribution >= 0.6 is 0 Å². The lowest BCUT2D eigenvalue weighted by atomic mass is 10.4. The van der Waals surface area contributed by atoms with Crippen molar-refractivity contribution in [1.29, 1.82) is 0 Å². The number of hydrogen-bond acceptors (Lipinski definition) is 0. The Morgan fingerprint density at radius 2 is 2.14 bits per heavy atom. The van der Waals surface area contributed by atoms with Crippen molar-refractivity contribution in [3.8, 4) is 0 Å². The molecule has 0 aromatic carbocycles. The minimum absolute atomic E-state index is 1.19.